The maximum Gasteiger partial charge on any atom is 0.186 e. The molecule has 0 saturated carbocycles. The number of nitrogens with one attached hydrogen (secondary N) is 1. The molecule has 2 aromatic heterocycles. The second kappa shape index (κ2) is 5.57. The van der Waals surface area contributed by atoms with E-state index in [1.807, 2.05) is 18.5 Å². The van der Waals surface area contributed by atoms with Crippen molar-refractivity contribution in [3.8, 4) is 0 Å². The second-order valence-electron chi connectivity index (χ2n) is 4.01. The summed E-state index contributed by atoms with van der Waals surface area (Å²) < 4.78 is 15.8. The van der Waals surface area contributed by atoms with Crippen LogP contribution in [-0.2, 0) is 19.9 Å². The van der Waals surface area contributed by atoms with Gasteiger partial charge in [0.2, 0.25) is 0 Å². The van der Waals surface area contributed by atoms with Crippen LogP contribution in [0.2, 0.25) is 0 Å². The van der Waals surface area contributed by atoms with Gasteiger partial charge in [-0.05, 0) is 6.42 Å². The van der Waals surface area contributed by atoms with Crippen molar-refractivity contribution in [1.29, 1.82) is 0 Å². The summed E-state index contributed by atoms with van der Waals surface area (Å²) in [5.74, 6) is -0.0889. The van der Waals surface area contributed by atoms with E-state index >= 15 is 0 Å². The molecule has 18 heavy (non-hydrogen) atoms. The fourth-order valence-corrected chi connectivity index (χ4v) is 1.71. The van der Waals surface area contributed by atoms with Crippen molar-refractivity contribution >= 4 is 5.82 Å². The van der Waals surface area contributed by atoms with Crippen LogP contribution in [0.15, 0.2) is 18.9 Å². The van der Waals surface area contributed by atoms with Crippen LogP contribution in [0.4, 0.5) is 10.2 Å². The summed E-state index contributed by atoms with van der Waals surface area (Å²) in [5, 5.41) is 2.99. The van der Waals surface area contributed by atoms with Crippen molar-refractivity contribution in [1.82, 2.24) is 19.5 Å². The molecule has 0 amide bonds. The number of aromatic nitrogens is 4. The minimum absolute atomic E-state index is 0.268. The molecule has 2 rings (SSSR count). The number of hydrogen-bond acceptors (Lipinski definition) is 4. The van der Waals surface area contributed by atoms with Crippen LogP contribution in [0, 0.1) is 5.82 Å². The fraction of sp³-hybridized carbons (Fsp3) is 0.417. The Morgan fingerprint density at radius 1 is 1.39 bits per heavy atom. The standard InChI is InChI=1S/C12H16FN5/c1-3-10-11(13)12(17-7-16-10)15-5-4-9-6-14-8-18(9)2/h6-8H,3-5H2,1-2H3,(H,15,16,17). The van der Waals surface area contributed by atoms with Gasteiger partial charge in [-0.15, -0.1) is 0 Å². The molecule has 0 bridgehead atoms. The summed E-state index contributed by atoms with van der Waals surface area (Å²) in [6.07, 6.45) is 6.26. The Balaban J connectivity index is 1.96. The highest BCUT2D eigenvalue weighted by atomic mass is 19.1. The van der Waals surface area contributed by atoms with E-state index in [4.69, 9.17) is 0 Å². The summed E-state index contributed by atoms with van der Waals surface area (Å²) >= 11 is 0. The molecule has 0 aliphatic heterocycles. The Bertz CT molecular complexity index is 523. The Morgan fingerprint density at radius 3 is 2.89 bits per heavy atom. The van der Waals surface area contributed by atoms with Gasteiger partial charge in [-0.1, -0.05) is 6.92 Å². The van der Waals surface area contributed by atoms with Crippen molar-refractivity contribution in [2.45, 2.75) is 19.8 Å². The summed E-state index contributed by atoms with van der Waals surface area (Å²) in [4.78, 5) is 11.8. The smallest absolute Gasteiger partial charge is 0.186 e. The van der Waals surface area contributed by atoms with Gasteiger partial charge in [0.1, 0.15) is 6.33 Å². The van der Waals surface area contributed by atoms with Crippen LogP contribution in [0.3, 0.4) is 0 Å². The number of rotatable bonds is 5. The van der Waals surface area contributed by atoms with Crippen molar-refractivity contribution in [2.75, 3.05) is 11.9 Å². The first-order valence-corrected chi connectivity index (χ1v) is 5.90. The first kappa shape index (κ1) is 12.5. The summed E-state index contributed by atoms with van der Waals surface area (Å²) in [6, 6.07) is 0. The first-order chi connectivity index (χ1) is 8.72. The van der Waals surface area contributed by atoms with E-state index < -0.39 is 0 Å². The minimum atomic E-state index is -0.356. The van der Waals surface area contributed by atoms with Gasteiger partial charge >= 0.3 is 0 Å². The zero-order valence-electron chi connectivity index (χ0n) is 10.5. The number of hydrogen-bond donors (Lipinski definition) is 1. The van der Waals surface area contributed by atoms with E-state index in [2.05, 4.69) is 20.3 Å². The van der Waals surface area contributed by atoms with E-state index in [-0.39, 0.29) is 11.6 Å². The summed E-state index contributed by atoms with van der Waals surface area (Å²) in [6.45, 7) is 2.47. The monoisotopic (exact) mass is 249 g/mol. The molecule has 6 heteroatoms. The molecule has 0 saturated heterocycles. The molecule has 2 heterocycles. The van der Waals surface area contributed by atoms with Crippen LogP contribution in [-0.4, -0.2) is 26.1 Å². The van der Waals surface area contributed by atoms with E-state index in [0.29, 0.717) is 18.7 Å². The molecule has 5 nitrogen and oxygen atoms in total. The molecule has 0 unspecified atom stereocenters. The van der Waals surface area contributed by atoms with Gasteiger partial charge in [-0.3, -0.25) is 0 Å². The van der Waals surface area contributed by atoms with E-state index in [9.17, 15) is 4.39 Å². The lowest BCUT2D eigenvalue weighted by atomic mass is 10.3. The lowest BCUT2D eigenvalue weighted by molar-refractivity contribution is 0.596. The molecule has 0 aliphatic rings. The Morgan fingerprint density at radius 2 is 2.22 bits per heavy atom. The summed E-state index contributed by atoms with van der Waals surface area (Å²) in [7, 11) is 1.93. The number of halogens is 1. The average Bonchev–Trinajstić information content (AvgIpc) is 2.77. The van der Waals surface area contributed by atoms with Crippen LogP contribution in [0.25, 0.3) is 0 Å². The quantitative estimate of drug-likeness (QED) is 0.873. The van der Waals surface area contributed by atoms with Gasteiger partial charge in [-0.2, -0.15) is 0 Å². The maximum atomic E-state index is 13.8. The van der Waals surface area contributed by atoms with Crippen LogP contribution in [0.1, 0.15) is 18.3 Å². The van der Waals surface area contributed by atoms with Gasteiger partial charge in [0, 0.05) is 31.9 Å². The van der Waals surface area contributed by atoms with Crippen LogP contribution in [0.5, 0.6) is 0 Å². The third-order valence-corrected chi connectivity index (χ3v) is 2.79. The predicted octanol–water partition coefficient (Wildman–Crippen LogP) is 1.57. The number of nitrogens with zero attached hydrogens (tertiary/aromatic N) is 4. The van der Waals surface area contributed by atoms with Gasteiger partial charge in [-0.25, -0.2) is 19.3 Å². The molecule has 2 aromatic rings. The fourth-order valence-electron chi connectivity index (χ4n) is 1.71. The normalized spacial score (nSPS) is 10.6. The molecule has 0 fully saturated rings. The molecule has 0 radical (unpaired) electrons. The molecule has 0 spiro atoms. The van der Waals surface area contributed by atoms with Crippen molar-refractivity contribution < 1.29 is 4.39 Å². The highest BCUT2D eigenvalue weighted by molar-refractivity contribution is 5.37. The highest BCUT2D eigenvalue weighted by Gasteiger charge is 2.09. The predicted molar refractivity (Wildman–Crippen MR) is 66.8 cm³/mol. The summed E-state index contributed by atoms with van der Waals surface area (Å²) in [5.41, 5.74) is 1.53. The average molecular weight is 249 g/mol. The number of aryl methyl sites for hydroxylation is 2. The Labute approximate surface area is 105 Å². The number of anilines is 1. The van der Waals surface area contributed by atoms with Gasteiger partial charge in [0.25, 0.3) is 0 Å². The minimum Gasteiger partial charge on any atom is -0.367 e. The van der Waals surface area contributed by atoms with Crippen LogP contribution >= 0.6 is 0 Å². The van der Waals surface area contributed by atoms with Gasteiger partial charge in [0.15, 0.2) is 11.6 Å². The molecule has 0 atom stereocenters. The molecule has 1 N–H and O–H groups in total. The van der Waals surface area contributed by atoms with Crippen LogP contribution < -0.4 is 5.32 Å². The van der Waals surface area contributed by atoms with Gasteiger partial charge in [0.05, 0.1) is 12.0 Å². The van der Waals surface area contributed by atoms with Crippen molar-refractivity contribution in [2.24, 2.45) is 7.05 Å². The molecular formula is C12H16FN5. The third-order valence-electron chi connectivity index (χ3n) is 2.79. The third kappa shape index (κ3) is 2.64. The Hall–Kier alpha value is -1.98. The SMILES string of the molecule is CCc1ncnc(NCCc2cncn2C)c1F. The molecule has 0 aromatic carbocycles. The number of imidazole rings is 1. The molecular weight excluding hydrogens is 233 g/mol. The zero-order valence-corrected chi connectivity index (χ0v) is 10.5. The lowest BCUT2D eigenvalue weighted by Gasteiger charge is -2.08. The van der Waals surface area contributed by atoms with Gasteiger partial charge < -0.3 is 9.88 Å². The maximum absolute atomic E-state index is 13.8. The molecule has 96 valence electrons. The van der Waals surface area contributed by atoms with E-state index in [1.54, 1.807) is 12.5 Å². The largest absolute Gasteiger partial charge is 0.367 e. The highest BCUT2D eigenvalue weighted by Crippen LogP contribution is 2.13. The second-order valence-corrected chi connectivity index (χ2v) is 4.01. The van der Waals surface area contributed by atoms with Crippen molar-refractivity contribution in [3.05, 3.63) is 36.1 Å². The van der Waals surface area contributed by atoms with Crippen molar-refractivity contribution in [3.63, 3.8) is 0 Å². The first-order valence-electron chi connectivity index (χ1n) is 5.90. The Kier molecular flexibility index (Phi) is 3.86. The van der Waals surface area contributed by atoms with E-state index in [1.165, 1.54) is 6.33 Å². The lowest BCUT2D eigenvalue weighted by Crippen LogP contribution is -2.11. The zero-order chi connectivity index (χ0) is 13.0. The van der Waals surface area contributed by atoms with E-state index in [0.717, 1.165) is 12.1 Å². The topological polar surface area (TPSA) is 55.6 Å². The molecule has 0 aliphatic carbocycles.